The minimum Gasteiger partial charge on any atom is -0.462 e. The van der Waals surface area contributed by atoms with Gasteiger partial charge in [0.2, 0.25) is 0 Å². The minimum absolute atomic E-state index is 0.143. The lowest BCUT2D eigenvalue weighted by atomic mass is 9.99. The predicted molar refractivity (Wildman–Crippen MR) is 247 cm³/mol. The van der Waals surface area contributed by atoms with Crippen molar-refractivity contribution in [2.75, 3.05) is 19.8 Å². The van der Waals surface area contributed by atoms with E-state index in [9.17, 15) is 30.0 Å². The second-order valence-corrected chi connectivity index (χ2v) is 15.5. The molecule has 0 amide bonds. The van der Waals surface area contributed by atoms with Crippen LogP contribution in [0.3, 0.4) is 0 Å². The minimum atomic E-state index is -1.61. The molecule has 0 aromatic rings. The summed E-state index contributed by atoms with van der Waals surface area (Å²) in [6.45, 7) is 3.18. The first-order valence-corrected chi connectivity index (χ1v) is 23.3. The van der Waals surface area contributed by atoms with Crippen molar-refractivity contribution in [1.82, 2.24) is 0 Å². The van der Waals surface area contributed by atoms with Gasteiger partial charge in [0, 0.05) is 12.8 Å². The number of aliphatic hydroxyl groups is 4. The molecule has 61 heavy (non-hydrogen) atoms. The van der Waals surface area contributed by atoms with Gasteiger partial charge in [0.05, 0.1) is 13.2 Å². The molecule has 0 aromatic carbocycles. The molecule has 1 saturated heterocycles. The number of hydrogen-bond acceptors (Lipinski definition) is 10. The van der Waals surface area contributed by atoms with Gasteiger partial charge in [-0.15, -0.1) is 0 Å². The number of aliphatic hydroxyl groups excluding tert-OH is 4. The molecule has 1 rings (SSSR count). The molecule has 4 N–H and O–H groups in total. The van der Waals surface area contributed by atoms with Crippen LogP contribution in [0, 0.1) is 0 Å². The number of allylic oxidation sites excluding steroid dienone is 16. The molecule has 1 heterocycles. The summed E-state index contributed by atoms with van der Waals surface area (Å²) in [5, 5.41) is 40.1. The van der Waals surface area contributed by atoms with Crippen LogP contribution in [0.4, 0.5) is 0 Å². The monoisotopic (exact) mass is 855 g/mol. The zero-order chi connectivity index (χ0) is 44.4. The van der Waals surface area contributed by atoms with Gasteiger partial charge in [-0.3, -0.25) is 9.59 Å². The van der Waals surface area contributed by atoms with Crippen LogP contribution in [-0.4, -0.2) is 89.0 Å². The summed E-state index contributed by atoms with van der Waals surface area (Å²) in [4.78, 5) is 25.3. The topological polar surface area (TPSA) is 152 Å². The molecule has 0 aromatic heterocycles. The lowest BCUT2D eigenvalue weighted by molar-refractivity contribution is -0.305. The molecule has 6 atom stereocenters. The third-order valence-corrected chi connectivity index (χ3v) is 9.97. The van der Waals surface area contributed by atoms with E-state index >= 15 is 0 Å². The Kier molecular flexibility index (Phi) is 37.1. The van der Waals surface area contributed by atoms with Crippen LogP contribution < -0.4 is 0 Å². The van der Waals surface area contributed by atoms with Gasteiger partial charge < -0.3 is 39.4 Å². The highest BCUT2D eigenvalue weighted by atomic mass is 16.7. The average molecular weight is 855 g/mol. The fourth-order valence-corrected chi connectivity index (χ4v) is 6.30. The number of carbonyl (C=O) groups is 2. The molecule has 0 aliphatic carbocycles. The Morgan fingerprint density at radius 3 is 1.52 bits per heavy atom. The van der Waals surface area contributed by atoms with E-state index < -0.39 is 55.4 Å². The molecule has 0 bridgehead atoms. The smallest absolute Gasteiger partial charge is 0.306 e. The molecule has 1 aliphatic rings. The fraction of sp³-hybridized carbons (Fsp3) is 0.647. The van der Waals surface area contributed by atoms with Gasteiger partial charge in [-0.05, 0) is 83.5 Å². The van der Waals surface area contributed by atoms with Gasteiger partial charge >= 0.3 is 11.9 Å². The quantitative estimate of drug-likeness (QED) is 0.0270. The van der Waals surface area contributed by atoms with E-state index in [4.69, 9.17) is 18.9 Å². The van der Waals surface area contributed by atoms with E-state index in [0.29, 0.717) is 12.8 Å². The number of carbonyl (C=O) groups excluding carboxylic acids is 2. The summed E-state index contributed by atoms with van der Waals surface area (Å²) in [5.41, 5.74) is 0. The highest BCUT2D eigenvalue weighted by molar-refractivity contribution is 5.70. The SMILES string of the molecule is CC/C=C/C/C=C/C/C=C/C/C=C/C/C=C/C/C=C/CCC(=O)OC[C@@H](CO[C@H]1O[C@@H](CO)[C@@H](O)C(O)C1O)OC(=O)CCCCCCCCC/C=C/C/C=C/CCCCC. The predicted octanol–water partition coefficient (Wildman–Crippen LogP) is 10.3. The van der Waals surface area contributed by atoms with E-state index in [1.165, 1.54) is 44.9 Å². The van der Waals surface area contributed by atoms with Crippen molar-refractivity contribution < 1.29 is 49.0 Å². The second kappa shape index (κ2) is 40.7. The summed E-state index contributed by atoms with van der Waals surface area (Å²) >= 11 is 0. The summed E-state index contributed by atoms with van der Waals surface area (Å²) in [7, 11) is 0. The van der Waals surface area contributed by atoms with Crippen LogP contribution in [-0.2, 0) is 28.5 Å². The molecule has 1 aliphatic heterocycles. The number of unbranched alkanes of at least 4 members (excludes halogenated alkanes) is 10. The largest absolute Gasteiger partial charge is 0.462 e. The zero-order valence-electron chi connectivity index (χ0n) is 37.6. The lowest BCUT2D eigenvalue weighted by Crippen LogP contribution is -2.59. The van der Waals surface area contributed by atoms with E-state index in [2.05, 4.69) is 98.9 Å². The maximum absolute atomic E-state index is 12.8. The van der Waals surface area contributed by atoms with Gasteiger partial charge in [0.15, 0.2) is 12.4 Å². The Morgan fingerprint density at radius 1 is 0.525 bits per heavy atom. The molecule has 0 radical (unpaired) electrons. The van der Waals surface area contributed by atoms with Gasteiger partial charge in [-0.1, -0.05) is 156 Å². The van der Waals surface area contributed by atoms with Crippen LogP contribution in [0.25, 0.3) is 0 Å². The third kappa shape index (κ3) is 32.0. The average Bonchev–Trinajstić information content (AvgIpc) is 3.26. The van der Waals surface area contributed by atoms with E-state index in [1.807, 2.05) is 12.2 Å². The molecule has 10 nitrogen and oxygen atoms in total. The van der Waals surface area contributed by atoms with Crippen molar-refractivity contribution in [3.8, 4) is 0 Å². The maximum Gasteiger partial charge on any atom is 0.306 e. The van der Waals surface area contributed by atoms with Crippen LogP contribution in [0.1, 0.15) is 155 Å². The third-order valence-electron chi connectivity index (χ3n) is 9.97. The number of esters is 2. The summed E-state index contributed by atoms with van der Waals surface area (Å²) in [6, 6.07) is 0. The molecular weight excluding hydrogens is 773 g/mol. The Morgan fingerprint density at radius 2 is 1.00 bits per heavy atom. The van der Waals surface area contributed by atoms with Gasteiger partial charge in [-0.2, -0.15) is 0 Å². The first kappa shape index (κ1) is 55.6. The Bertz CT molecular complexity index is 1310. The fourth-order valence-electron chi connectivity index (χ4n) is 6.30. The molecule has 2 unspecified atom stereocenters. The first-order valence-electron chi connectivity index (χ1n) is 23.3. The van der Waals surface area contributed by atoms with Crippen molar-refractivity contribution in [3.63, 3.8) is 0 Å². The number of hydrogen-bond donors (Lipinski definition) is 4. The molecule has 0 saturated carbocycles. The standard InChI is InChI=1S/C51H82O10/c1-3-5-7-9-11-13-15-17-19-21-22-24-25-27-29-31-33-35-37-39-46(53)58-42-44(43-59-51-50(57)49(56)48(55)45(41-52)61-51)60-47(54)40-38-36-34-32-30-28-26-23-20-18-16-14-12-10-8-6-4-2/h5,7,11-14,17-20,22,24,27,29,33,35,44-45,48-52,55-57H,3-4,6,8-10,15-16,21,23,25-26,28,30-32,34,36-43H2,1-2H3/b7-5+,13-11+,14-12+,19-17+,20-18+,24-22+,29-27+,35-33+/t44-,45-,48+,49?,50?,51-/m0/s1. The van der Waals surface area contributed by atoms with Gasteiger partial charge in [0.1, 0.15) is 31.0 Å². The van der Waals surface area contributed by atoms with Gasteiger partial charge in [0.25, 0.3) is 0 Å². The molecular formula is C51H82O10. The Labute approximate surface area is 368 Å². The highest BCUT2D eigenvalue weighted by Gasteiger charge is 2.44. The molecule has 346 valence electrons. The molecule has 1 fully saturated rings. The first-order chi connectivity index (χ1) is 29.8. The summed E-state index contributed by atoms with van der Waals surface area (Å²) in [5.74, 6) is -0.922. The lowest BCUT2D eigenvalue weighted by Gasteiger charge is -2.39. The zero-order valence-corrected chi connectivity index (χ0v) is 37.6. The van der Waals surface area contributed by atoms with Crippen LogP contribution in [0.2, 0.25) is 0 Å². The van der Waals surface area contributed by atoms with E-state index in [-0.39, 0.29) is 26.1 Å². The second-order valence-electron chi connectivity index (χ2n) is 15.5. The van der Waals surface area contributed by atoms with Crippen molar-refractivity contribution in [1.29, 1.82) is 0 Å². The van der Waals surface area contributed by atoms with Gasteiger partial charge in [-0.25, -0.2) is 0 Å². The molecule has 0 spiro atoms. The number of ether oxygens (including phenoxy) is 4. The summed E-state index contributed by atoms with van der Waals surface area (Å²) in [6.07, 6.45) is 47.0. The van der Waals surface area contributed by atoms with Crippen LogP contribution in [0.15, 0.2) is 97.2 Å². The Balaban J connectivity index is 2.39. The van der Waals surface area contributed by atoms with Crippen molar-refractivity contribution in [2.24, 2.45) is 0 Å². The summed E-state index contributed by atoms with van der Waals surface area (Å²) < 4.78 is 22.1. The van der Waals surface area contributed by atoms with E-state index in [1.54, 1.807) is 0 Å². The van der Waals surface area contributed by atoms with Crippen molar-refractivity contribution in [3.05, 3.63) is 97.2 Å². The Hall–Kier alpha value is -3.38. The van der Waals surface area contributed by atoms with Crippen LogP contribution in [0.5, 0.6) is 0 Å². The maximum atomic E-state index is 12.8. The molecule has 10 heteroatoms. The number of rotatable bonds is 37. The normalized spacial score (nSPS) is 20.7. The van der Waals surface area contributed by atoms with E-state index in [0.717, 1.165) is 70.6 Å². The highest BCUT2D eigenvalue weighted by Crippen LogP contribution is 2.22. The van der Waals surface area contributed by atoms with Crippen LogP contribution >= 0.6 is 0 Å². The van der Waals surface area contributed by atoms with Crippen molar-refractivity contribution in [2.45, 2.75) is 192 Å². The van der Waals surface area contributed by atoms with Crippen molar-refractivity contribution >= 4 is 11.9 Å².